The fourth-order valence-electron chi connectivity index (χ4n) is 2.17. The number of nitrogens with one attached hydrogen (secondary N) is 1. The molecule has 0 bridgehead atoms. The highest BCUT2D eigenvalue weighted by Crippen LogP contribution is 2.32. The van der Waals surface area contributed by atoms with Gasteiger partial charge in [0.2, 0.25) is 6.79 Å². The third kappa shape index (κ3) is 3.04. The minimum absolute atomic E-state index is 0.136. The number of ether oxygens (including phenoxy) is 2. The van der Waals surface area contributed by atoms with Crippen LogP contribution in [-0.2, 0) is 4.79 Å². The van der Waals surface area contributed by atoms with Crippen molar-refractivity contribution in [3.05, 3.63) is 46.2 Å². The number of hydrogen-bond donors (Lipinski definition) is 2. The van der Waals surface area contributed by atoms with Crippen LogP contribution in [0.5, 0.6) is 11.5 Å². The number of benzene rings is 1. The van der Waals surface area contributed by atoms with E-state index in [-0.39, 0.29) is 19.1 Å². The van der Waals surface area contributed by atoms with E-state index < -0.39 is 12.0 Å². The molecule has 1 aliphatic rings. The van der Waals surface area contributed by atoms with Gasteiger partial charge in [-0.05, 0) is 29.6 Å². The number of carbonyl (C=O) groups excluding carboxylic acids is 1. The van der Waals surface area contributed by atoms with E-state index in [1.807, 2.05) is 11.4 Å². The maximum absolute atomic E-state index is 12.3. The molecule has 1 aliphatic heterocycles. The third-order valence-electron chi connectivity index (χ3n) is 3.21. The summed E-state index contributed by atoms with van der Waals surface area (Å²) in [6.07, 6.45) is -0.170. The molecule has 0 unspecified atom stereocenters. The van der Waals surface area contributed by atoms with E-state index in [1.165, 1.54) is 11.3 Å². The van der Waals surface area contributed by atoms with Crippen molar-refractivity contribution in [2.24, 2.45) is 0 Å². The standard InChI is InChI=1S/C15H13NO5S/c17-14(18)7-10(13-2-1-5-22-13)16-15(19)9-3-4-11-12(6-9)21-8-20-11/h1-6,10H,7-8H2,(H,16,19)(H,17,18)/t10-/m1/s1. The van der Waals surface area contributed by atoms with Gasteiger partial charge in [-0.3, -0.25) is 9.59 Å². The van der Waals surface area contributed by atoms with E-state index in [4.69, 9.17) is 14.6 Å². The summed E-state index contributed by atoms with van der Waals surface area (Å²) in [4.78, 5) is 24.1. The first-order chi connectivity index (χ1) is 10.6. The maximum Gasteiger partial charge on any atom is 0.305 e. The molecule has 2 heterocycles. The van der Waals surface area contributed by atoms with Crippen LogP contribution in [0.1, 0.15) is 27.7 Å². The molecule has 0 aliphatic carbocycles. The number of carboxylic acid groups (broad SMARTS) is 1. The van der Waals surface area contributed by atoms with Crippen LogP contribution in [0, 0.1) is 0 Å². The lowest BCUT2D eigenvalue weighted by Crippen LogP contribution is -2.29. The van der Waals surface area contributed by atoms with E-state index in [2.05, 4.69) is 5.32 Å². The van der Waals surface area contributed by atoms with Crippen molar-refractivity contribution < 1.29 is 24.2 Å². The zero-order chi connectivity index (χ0) is 15.5. The lowest BCUT2D eigenvalue weighted by Gasteiger charge is -2.15. The molecular formula is C15H13NO5S. The third-order valence-corrected chi connectivity index (χ3v) is 4.19. The predicted molar refractivity (Wildman–Crippen MR) is 79.3 cm³/mol. The fraction of sp³-hybridized carbons (Fsp3) is 0.200. The summed E-state index contributed by atoms with van der Waals surface area (Å²) in [5.41, 5.74) is 0.399. The average molecular weight is 319 g/mol. The quantitative estimate of drug-likeness (QED) is 0.884. The van der Waals surface area contributed by atoms with E-state index in [9.17, 15) is 9.59 Å². The minimum atomic E-state index is -0.968. The summed E-state index contributed by atoms with van der Waals surface area (Å²) in [5.74, 6) is -0.210. The highest BCUT2D eigenvalue weighted by atomic mass is 32.1. The van der Waals surface area contributed by atoms with Crippen molar-refractivity contribution in [1.82, 2.24) is 5.32 Å². The number of fused-ring (bicyclic) bond motifs is 1. The zero-order valence-electron chi connectivity index (χ0n) is 11.4. The van der Waals surface area contributed by atoms with Crippen LogP contribution >= 0.6 is 11.3 Å². The Labute approximate surface area is 130 Å². The van der Waals surface area contributed by atoms with Gasteiger partial charge in [0.25, 0.3) is 5.91 Å². The lowest BCUT2D eigenvalue weighted by molar-refractivity contribution is -0.137. The summed E-state index contributed by atoms with van der Waals surface area (Å²) < 4.78 is 10.4. The largest absolute Gasteiger partial charge is 0.481 e. The van der Waals surface area contributed by atoms with Gasteiger partial charge in [0.15, 0.2) is 11.5 Å². The number of carbonyl (C=O) groups is 2. The van der Waals surface area contributed by atoms with Crippen LogP contribution in [0.15, 0.2) is 35.7 Å². The van der Waals surface area contributed by atoms with Gasteiger partial charge in [-0.15, -0.1) is 11.3 Å². The fourth-order valence-corrected chi connectivity index (χ4v) is 2.94. The van der Waals surface area contributed by atoms with Crippen LogP contribution < -0.4 is 14.8 Å². The van der Waals surface area contributed by atoms with Gasteiger partial charge in [0.1, 0.15) is 0 Å². The van der Waals surface area contributed by atoms with Crippen LogP contribution in [0.2, 0.25) is 0 Å². The van der Waals surface area contributed by atoms with Crippen molar-refractivity contribution in [2.45, 2.75) is 12.5 Å². The molecule has 7 heteroatoms. The molecule has 0 spiro atoms. The van der Waals surface area contributed by atoms with E-state index in [0.29, 0.717) is 17.1 Å². The first kappa shape index (κ1) is 14.4. The number of rotatable bonds is 5. The highest BCUT2D eigenvalue weighted by Gasteiger charge is 2.21. The molecule has 3 rings (SSSR count). The van der Waals surface area contributed by atoms with Crippen LogP contribution in [0.4, 0.5) is 0 Å². The van der Waals surface area contributed by atoms with Crippen molar-refractivity contribution >= 4 is 23.2 Å². The number of thiophene rings is 1. The van der Waals surface area contributed by atoms with Gasteiger partial charge in [-0.25, -0.2) is 0 Å². The first-order valence-corrected chi connectivity index (χ1v) is 7.47. The molecule has 0 saturated carbocycles. The molecule has 1 atom stereocenters. The Morgan fingerprint density at radius 3 is 2.82 bits per heavy atom. The Kier molecular flexibility index (Phi) is 3.97. The lowest BCUT2D eigenvalue weighted by atomic mass is 10.1. The van der Waals surface area contributed by atoms with Gasteiger partial charge in [-0.2, -0.15) is 0 Å². The maximum atomic E-state index is 12.3. The zero-order valence-corrected chi connectivity index (χ0v) is 12.3. The number of hydrogen-bond acceptors (Lipinski definition) is 5. The van der Waals surface area contributed by atoms with Crippen molar-refractivity contribution in [1.29, 1.82) is 0 Å². The summed E-state index contributed by atoms with van der Waals surface area (Å²) >= 11 is 1.41. The Morgan fingerprint density at radius 2 is 2.09 bits per heavy atom. The Morgan fingerprint density at radius 1 is 1.27 bits per heavy atom. The molecule has 6 nitrogen and oxygen atoms in total. The first-order valence-electron chi connectivity index (χ1n) is 6.59. The summed E-state index contributed by atoms with van der Waals surface area (Å²) in [7, 11) is 0. The van der Waals surface area contributed by atoms with Crippen LogP contribution in [0.3, 0.4) is 0 Å². The smallest absolute Gasteiger partial charge is 0.305 e. The number of aliphatic carboxylic acids is 1. The molecule has 0 fully saturated rings. The van der Waals surface area contributed by atoms with Crippen molar-refractivity contribution in [2.75, 3.05) is 6.79 Å². The van der Waals surface area contributed by atoms with E-state index in [0.717, 1.165) is 4.88 Å². The molecule has 2 aromatic rings. The van der Waals surface area contributed by atoms with Gasteiger partial charge < -0.3 is 19.9 Å². The molecule has 0 saturated heterocycles. The summed E-state index contributed by atoms with van der Waals surface area (Å²) in [6.45, 7) is 0.136. The molecule has 2 N–H and O–H groups in total. The molecular weight excluding hydrogens is 306 g/mol. The molecule has 0 radical (unpaired) electrons. The molecule has 114 valence electrons. The second kappa shape index (κ2) is 6.07. The SMILES string of the molecule is O=C(O)C[C@@H](NC(=O)c1ccc2c(c1)OCO2)c1cccs1. The normalized spacial score (nSPS) is 13.6. The number of amides is 1. The van der Waals surface area contributed by atoms with Crippen LogP contribution in [0.25, 0.3) is 0 Å². The molecule has 22 heavy (non-hydrogen) atoms. The highest BCUT2D eigenvalue weighted by molar-refractivity contribution is 7.10. The summed E-state index contributed by atoms with van der Waals surface area (Å²) in [6, 6.07) is 7.93. The van der Waals surface area contributed by atoms with Crippen LogP contribution in [-0.4, -0.2) is 23.8 Å². The number of carboxylic acids is 1. The molecule has 1 amide bonds. The Bertz CT molecular complexity index is 698. The Hall–Kier alpha value is -2.54. The second-order valence-corrected chi connectivity index (χ2v) is 5.69. The van der Waals surface area contributed by atoms with Gasteiger partial charge in [0.05, 0.1) is 12.5 Å². The van der Waals surface area contributed by atoms with Gasteiger partial charge in [-0.1, -0.05) is 6.07 Å². The predicted octanol–water partition coefficient (Wildman–Crippen LogP) is 2.42. The molecule has 1 aromatic carbocycles. The Balaban J connectivity index is 1.77. The second-order valence-electron chi connectivity index (χ2n) is 4.71. The summed E-state index contributed by atoms with van der Waals surface area (Å²) in [5, 5.41) is 13.6. The van der Waals surface area contributed by atoms with E-state index >= 15 is 0 Å². The monoisotopic (exact) mass is 319 g/mol. The average Bonchev–Trinajstić information content (AvgIpc) is 3.16. The minimum Gasteiger partial charge on any atom is -0.481 e. The topological polar surface area (TPSA) is 84.9 Å². The van der Waals surface area contributed by atoms with Crippen molar-refractivity contribution in [3.8, 4) is 11.5 Å². The molecule has 1 aromatic heterocycles. The van der Waals surface area contributed by atoms with Crippen molar-refractivity contribution in [3.63, 3.8) is 0 Å². The van der Waals surface area contributed by atoms with Gasteiger partial charge >= 0.3 is 5.97 Å². The van der Waals surface area contributed by atoms with Gasteiger partial charge in [0, 0.05) is 10.4 Å². The van der Waals surface area contributed by atoms with E-state index in [1.54, 1.807) is 24.3 Å².